The van der Waals surface area contributed by atoms with Crippen molar-refractivity contribution >= 4 is 23.5 Å². The Morgan fingerprint density at radius 3 is 2.73 bits per heavy atom. The molecule has 1 N–H and O–H groups in total. The van der Waals surface area contributed by atoms with E-state index in [9.17, 15) is 9.59 Å². The Hall–Kier alpha value is -3.00. The number of carbonyl (C=O) groups excluding carboxylic acids is 1. The Bertz CT molecular complexity index is 941. The van der Waals surface area contributed by atoms with Gasteiger partial charge in [-0.1, -0.05) is 30.0 Å². The first kappa shape index (κ1) is 17.8. The van der Waals surface area contributed by atoms with Crippen LogP contribution in [0.3, 0.4) is 0 Å². The third-order valence-electron chi connectivity index (χ3n) is 3.62. The van der Waals surface area contributed by atoms with Gasteiger partial charge in [0.25, 0.3) is 0 Å². The fraction of sp³-hybridized carbons (Fsp3) is 0.167. The highest BCUT2D eigenvalue weighted by atomic mass is 32.2. The summed E-state index contributed by atoms with van der Waals surface area (Å²) in [6.07, 6.45) is 3.92. The van der Waals surface area contributed by atoms with Crippen LogP contribution in [0.5, 0.6) is 0 Å². The van der Waals surface area contributed by atoms with Gasteiger partial charge < -0.3 is 5.11 Å². The van der Waals surface area contributed by atoms with Gasteiger partial charge in [-0.2, -0.15) is 0 Å². The van der Waals surface area contributed by atoms with Crippen LogP contribution < -0.4 is 0 Å². The second-order valence-electron chi connectivity index (χ2n) is 5.56. The van der Waals surface area contributed by atoms with E-state index in [0.29, 0.717) is 23.0 Å². The minimum atomic E-state index is -0.934. The van der Waals surface area contributed by atoms with E-state index in [1.807, 2.05) is 18.2 Å². The maximum atomic E-state index is 11.7. The second kappa shape index (κ2) is 7.92. The van der Waals surface area contributed by atoms with Crippen LogP contribution in [0.2, 0.25) is 0 Å². The lowest BCUT2D eigenvalue weighted by molar-refractivity contribution is -0.133. The summed E-state index contributed by atoms with van der Waals surface area (Å²) in [4.78, 5) is 26.7. The maximum Gasteiger partial charge on any atom is 0.313 e. The van der Waals surface area contributed by atoms with E-state index >= 15 is 0 Å². The van der Waals surface area contributed by atoms with Crippen LogP contribution in [0.4, 0.5) is 0 Å². The van der Waals surface area contributed by atoms with Gasteiger partial charge in [0.1, 0.15) is 5.82 Å². The number of thioether (sulfide) groups is 1. The number of hydrogen-bond donors (Lipinski definition) is 1. The van der Waals surface area contributed by atoms with E-state index in [0.717, 1.165) is 23.0 Å². The topological polar surface area (TPSA) is 98.0 Å². The molecular formula is C18H16N4O3S. The van der Waals surface area contributed by atoms with E-state index in [4.69, 9.17) is 5.11 Å². The lowest BCUT2D eigenvalue weighted by atomic mass is 10.1. The average molecular weight is 368 g/mol. The van der Waals surface area contributed by atoms with Crippen molar-refractivity contribution in [2.24, 2.45) is 0 Å². The fourth-order valence-corrected chi connectivity index (χ4v) is 3.13. The third-order valence-corrected chi connectivity index (χ3v) is 4.53. The summed E-state index contributed by atoms with van der Waals surface area (Å²) in [5.41, 5.74) is 2.24. The van der Waals surface area contributed by atoms with E-state index in [1.165, 1.54) is 6.92 Å². The number of nitrogens with zero attached hydrogens (tertiary/aromatic N) is 4. The molecule has 0 radical (unpaired) electrons. The summed E-state index contributed by atoms with van der Waals surface area (Å²) in [7, 11) is 0. The van der Waals surface area contributed by atoms with Crippen molar-refractivity contribution < 1.29 is 14.7 Å². The molecule has 2 aromatic heterocycles. The number of carbonyl (C=O) groups is 2. The smallest absolute Gasteiger partial charge is 0.313 e. The van der Waals surface area contributed by atoms with Crippen molar-refractivity contribution in [1.82, 2.24) is 19.7 Å². The van der Waals surface area contributed by atoms with E-state index in [1.54, 1.807) is 35.2 Å². The van der Waals surface area contributed by atoms with Crippen LogP contribution in [0.1, 0.15) is 28.7 Å². The first-order valence-corrected chi connectivity index (χ1v) is 8.82. The predicted molar refractivity (Wildman–Crippen MR) is 96.8 cm³/mol. The summed E-state index contributed by atoms with van der Waals surface area (Å²) in [6, 6.07) is 10.9. The van der Waals surface area contributed by atoms with E-state index in [2.05, 4.69) is 15.2 Å². The van der Waals surface area contributed by atoms with Gasteiger partial charge in [-0.05, 0) is 30.7 Å². The maximum absolute atomic E-state index is 11.7. The van der Waals surface area contributed by atoms with Crippen molar-refractivity contribution in [3.8, 4) is 5.69 Å². The van der Waals surface area contributed by atoms with Crippen LogP contribution in [-0.4, -0.2) is 42.4 Å². The molecule has 0 spiro atoms. The van der Waals surface area contributed by atoms with Gasteiger partial charge in [0, 0.05) is 24.4 Å². The van der Waals surface area contributed by atoms with E-state index < -0.39 is 5.97 Å². The highest BCUT2D eigenvalue weighted by molar-refractivity contribution is 7.99. The van der Waals surface area contributed by atoms with Gasteiger partial charge in [0.2, 0.25) is 0 Å². The zero-order valence-electron chi connectivity index (χ0n) is 14.0. The number of pyridine rings is 1. The van der Waals surface area contributed by atoms with Crippen LogP contribution in [0, 0.1) is 0 Å². The Morgan fingerprint density at radius 1 is 1.19 bits per heavy atom. The lowest BCUT2D eigenvalue weighted by Crippen LogP contribution is -2.06. The molecular weight excluding hydrogens is 352 g/mol. The molecule has 7 nitrogen and oxygen atoms in total. The number of ketones is 1. The first-order chi connectivity index (χ1) is 12.5. The standard InChI is InChI=1S/C18H16N4O3S/c1-12(23)14-5-2-6-15(9-14)22-16(8-13-4-3-7-19-10-13)20-21-18(22)26-11-17(24)25/h2-7,9-10H,8,11H2,1H3,(H,24,25). The number of carboxylic acids is 1. The Morgan fingerprint density at radius 2 is 2.04 bits per heavy atom. The Kier molecular flexibility index (Phi) is 5.43. The molecule has 1 aromatic carbocycles. The molecule has 0 aliphatic rings. The Labute approximate surface area is 154 Å². The van der Waals surface area contributed by atoms with Crippen molar-refractivity contribution in [3.05, 3.63) is 65.7 Å². The summed E-state index contributed by atoms with van der Waals surface area (Å²) in [5.74, 6) is -0.465. The first-order valence-electron chi connectivity index (χ1n) is 7.84. The fourth-order valence-electron chi connectivity index (χ4n) is 2.44. The number of hydrogen-bond acceptors (Lipinski definition) is 6. The second-order valence-corrected chi connectivity index (χ2v) is 6.50. The quantitative estimate of drug-likeness (QED) is 0.505. The van der Waals surface area contributed by atoms with Gasteiger partial charge in [-0.25, -0.2) is 0 Å². The monoisotopic (exact) mass is 368 g/mol. The zero-order valence-corrected chi connectivity index (χ0v) is 14.8. The van der Waals surface area contributed by atoms with Crippen molar-refractivity contribution in [1.29, 1.82) is 0 Å². The number of carboxylic acid groups (broad SMARTS) is 1. The molecule has 0 aliphatic carbocycles. The van der Waals surface area contributed by atoms with Gasteiger partial charge in [-0.15, -0.1) is 10.2 Å². The third kappa shape index (κ3) is 4.15. The molecule has 3 rings (SSSR count). The van der Waals surface area contributed by atoms with Crippen LogP contribution in [0.25, 0.3) is 5.69 Å². The minimum Gasteiger partial charge on any atom is -0.481 e. The summed E-state index contributed by atoms with van der Waals surface area (Å²) in [5, 5.41) is 17.8. The molecule has 0 bridgehead atoms. The molecule has 0 saturated heterocycles. The van der Waals surface area contributed by atoms with Gasteiger partial charge >= 0.3 is 5.97 Å². The van der Waals surface area contributed by atoms with Gasteiger partial charge in [0.15, 0.2) is 10.9 Å². The summed E-state index contributed by atoms with van der Waals surface area (Å²) in [6.45, 7) is 1.50. The average Bonchev–Trinajstić information content (AvgIpc) is 3.03. The van der Waals surface area contributed by atoms with Crippen molar-refractivity contribution in [3.63, 3.8) is 0 Å². The van der Waals surface area contributed by atoms with Gasteiger partial charge in [0.05, 0.1) is 11.4 Å². The molecule has 0 unspecified atom stereocenters. The molecule has 8 heteroatoms. The lowest BCUT2D eigenvalue weighted by Gasteiger charge is -2.11. The predicted octanol–water partition coefficient (Wildman–Crippen LogP) is 2.63. The molecule has 0 saturated carbocycles. The molecule has 2 heterocycles. The number of aromatic nitrogens is 4. The molecule has 132 valence electrons. The molecule has 0 atom stereocenters. The van der Waals surface area contributed by atoms with Crippen LogP contribution >= 0.6 is 11.8 Å². The molecule has 26 heavy (non-hydrogen) atoms. The summed E-state index contributed by atoms with van der Waals surface area (Å²) < 4.78 is 1.78. The zero-order chi connectivity index (χ0) is 18.5. The van der Waals surface area contributed by atoms with Crippen molar-refractivity contribution in [2.75, 3.05) is 5.75 Å². The van der Waals surface area contributed by atoms with Crippen LogP contribution in [0.15, 0.2) is 53.9 Å². The van der Waals surface area contributed by atoms with Crippen molar-refractivity contribution in [2.45, 2.75) is 18.5 Å². The number of rotatable bonds is 7. The molecule has 3 aromatic rings. The number of Topliss-reactive ketones (excluding diaryl/α,β-unsaturated/α-hetero) is 1. The Balaban J connectivity index is 2.04. The largest absolute Gasteiger partial charge is 0.481 e. The minimum absolute atomic E-state index is 0.0477. The molecule has 0 aliphatic heterocycles. The SMILES string of the molecule is CC(=O)c1cccc(-n2c(Cc3cccnc3)nnc2SCC(=O)O)c1. The van der Waals surface area contributed by atoms with Crippen LogP contribution in [-0.2, 0) is 11.2 Å². The molecule has 0 amide bonds. The van der Waals surface area contributed by atoms with E-state index in [-0.39, 0.29) is 11.5 Å². The number of benzene rings is 1. The molecule has 0 fully saturated rings. The normalized spacial score (nSPS) is 10.7. The highest BCUT2D eigenvalue weighted by Crippen LogP contribution is 2.24. The summed E-state index contributed by atoms with van der Waals surface area (Å²) >= 11 is 1.08. The number of aliphatic carboxylic acids is 1. The highest BCUT2D eigenvalue weighted by Gasteiger charge is 2.17. The van der Waals surface area contributed by atoms with Gasteiger partial charge in [-0.3, -0.25) is 19.1 Å².